The zero-order valence-electron chi connectivity index (χ0n) is 8.04. The van der Waals surface area contributed by atoms with Crippen LogP contribution in [0.15, 0.2) is 28.7 Å². The van der Waals surface area contributed by atoms with Gasteiger partial charge in [-0.1, -0.05) is 15.9 Å². The second kappa shape index (κ2) is 4.13. The molecule has 2 rings (SSSR count). The summed E-state index contributed by atoms with van der Waals surface area (Å²) in [5.74, 6) is 0.663. The van der Waals surface area contributed by atoms with Crippen LogP contribution < -0.4 is 5.73 Å². The van der Waals surface area contributed by atoms with Crippen molar-refractivity contribution in [1.82, 2.24) is 9.78 Å². The molecule has 5 heteroatoms. The number of halogens is 2. The van der Waals surface area contributed by atoms with Gasteiger partial charge in [-0.15, -0.1) is 0 Å². The van der Waals surface area contributed by atoms with Gasteiger partial charge in [0.25, 0.3) is 0 Å². The summed E-state index contributed by atoms with van der Waals surface area (Å²) in [4.78, 5) is 0. The first-order valence-corrected chi connectivity index (χ1v) is 6.20. The summed E-state index contributed by atoms with van der Waals surface area (Å²) in [5.41, 5.74) is 7.70. The Morgan fingerprint density at radius 2 is 2.13 bits per heavy atom. The first-order chi connectivity index (χ1) is 7.08. The monoisotopic (exact) mass is 377 g/mol. The topological polar surface area (TPSA) is 43.8 Å². The highest BCUT2D eigenvalue weighted by atomic mass is 127. The maximum absolute atomic E-state index is 5.75. The molecule has 0 fully saturated rings. The summed E-state index contributed by atoms with van der Waals surface area (Å²) in [6, 6.07) is 8.00. The number of nitrogen functional groups attached to an aromatic ring is 1. The van der Waals surface area contributed by atoms with E-state index in [4.69, 9.17) is 5.73 Å². The molecule has 1 aromatic heterocycles. The van der Waals surface area contributed by atoms with E-state index in [9.17, 15) is 0 Å². The van der Waals surface area contributed by atoms with Crippen molar-refractivity contribution in [2.75, 3.05) is 5.73 Å². The van der Waals surface area contributed by atoms with Crippen molar-refractivity contribution in [3.05, 3.63) is 32.3 Å². The average molecular weight is 378 g/mol. The number of aryl methyl sites for hydroxylation is 1. The molecule has 0 unspecified atom stereocenters. The predicted octanol–water partition coefficient (Wildman–Crippen LogP) is 3.04. The third-order valence-corrected chi connectivity index (χ3v) is 3.48. The molecule has 2 aromatic rings. The van der Waals surface area contributed by atoms with Crippen LogP contribution in [0.4, 0.5) is 5.82 Å². The summed E-state index contributed by atoms with van der Waals surface area (Å²) < 4.78 is 3.87. The third-order valence-electron chi connectivity index (χ3n) is 2.12. The number of aromatic nitrogens is 2. The van der Waals surface area contributed by atoms with Gasteiger partial charge in [-0.05, 0) is 40.8 Å². The van der Waals surface area contributed by atoms with Gasteiger partial charge in [0.15, 0.2) is 0 Å². The van der Waals surface area contributed by atoms with Gasteiger partial charge in [0.05, 0.1) is 5.69 Å². The van der Waals surface area contributed by atoms with Crippen molar-refractivity contribution < 1.29 is 0 Å². The summed E-state index contributed by atoms with van der Waals surface area (Å²) in [7, 11) is 1.83. The Balaban J connectivity index is 2.58. The van der Waals surface area contributed by atoms with Gasteiger partial charge in [-0.2, -0.15) is 5.10 Å². The van der Waals surface area contributed by atoms with Crippen molar-refractivity contribution in [3.63, 3.8) is 0 Å². The lowest BCUT2D eigenvalue weighted by Crippen LogP contribution is -1.96. The Bertz CT molecular complexity index is 488. The smallest absolute Gasteiger partial charge is 0.121 e. The zero-order valence-corrected chi connectivity index (χ0v) is 11.8. The first kappa shape index (κ1) is 10.9. The first-order valence-electron chi connectivity index (χ1n) is 4.33. The van der Waals surface area contributed by atoms with Gasteiger partial charge >= 0.3 is 0 Å². The molecule has 1 aromatic carbocycles. The standard InChI is InChI=1S/C10H9BrIN3/c1-15-10(13)5-9(14-15)7-4-6(12)2-3-8(7)11/h2-5H,13H2,1H3. The van der Waals surface area contributed by atoms with Crippen LogP contribution in [0.25, 0.3) is 11.3 Å². The molecule has 0 spiro atoms. The van der Waals surface area contributed by atoms with Crippen LogP contribution in [-0.2, 0) is 7.05 Å². The fraction of sp³-hybridized carbons (Fsp3) is 0.100. The second-order valence-corrected chi connectivity index (χ2v) is 5.30. The normalized spacial score (nSPS) is 10.6. The average Bonchev–Trinajstić information content (AvgIpc) is 2.51. The molecular formula is C10H9BrIN3. The van der Waals surface area contributed by atoms with Gasteiger partial charge in [0.2, 0.25) is 0 Å². The second-order valence-electron chi connectivity index (χ2n) is 3.20. The van der Waals surface area contributed by atoms with Gasteiger partial charge in [0.1, 0.15) is 5.82 Å². The summed E-state index contributed by atoms with van der Waals surface area (Å²) in [6.07, 6.45) is 0. The molecular weight excluding hydrogens is 369 g/mol. The molecule has 0 atom stereocenters. The van der Waals surface area contributed by atoms with Gasteiger partial charge in [-0.3, -0.25) is 4.68 Å². The number of rotatable bonds is 1. The van der Waals surface area contributed by atoms with Crippen LogP contribution in [0.1, 0.15) is 0 Å². The molecule has 0 radical (unpaired) electrons. The lowest BCUT2D eigenvalue weighted by Gasteiger charge is -2.01. The van der Waals surface area contributed by atoms with E-state index in [-0.39, 0.29) is 0 Å². The molecule has 0 aliphatic heterocycles. The van der Waals surface area contributed by atoms with E-state index in [0.717, 1.165) is 15.7 Å². The van der Waals surface area contributed by atoms with Crippen molar-refractivity contribution >= 4 is 44.3 Å². The fourth-order valence-corrected chi connectivity index (χ4v) is 2.25. The Morgan fingerprint density at radius 3 is 2.73 bits per heavy atom. The quantitative estimate of drug-likeness (QED) is 0.776. The Hall–Kier alpha value is -0.560. The molecule has 3 nitrogen and oxygen atoms in total. The third kappa shape index (κ3) is 2.17. The fourth-order valence-electron chi connectivity index (χ4n) is 1.31. The number of hydrogen-bond acceptors (Lipinski definition) is 2. The van der Waals surface area contributed by atoms with Crippen molar-refractivity contribution in [2.24, 2.45) is 7.05 Å². The maximum atomic E-state index is 5.75. The van der Waals surface area contributed by atoms with Crippen molar-refractivity contribution in [3.8, 4) is 11.3 Å². The van der Waals surface area contributed by atoms with Crippen LogP contribution in [0.5, 0.6) is 0 Å². The Morgan fingerprint density at radius 1 is 1.40 bits per heavy atom. The van der Waals surface area contributed by atoms with Crippen molar-refractivity contribution in [1.29, 1.82) is 0 Å². The van der Waals surface area contributed by atoms with Crippen LogP contribution in [0.3, 0.4) is 0 Å². The van der Waals surface area contributed by atoms with E-state index in [1.807, 2.05) is 25.2 Å². The lowest BCUT2D eigenvalue weighted by atomic mass is 10.1. The van der Waals surface area contributed by atoms with Gasteiger partial charge < -0.3 is 5.73 Å². The molecule has 0 aliphatic carbocycles. The van der Waals surface area contributed by atoms with Gasteiger partial charge in [0, 0.05) is 26.7 Å². The molecule has 1 heterocycles. The molecule has 0 bridgehead atoms. The van der Waals surface area contributed by atoms with E-state index < -0.39 is 0 Å². The molecule has 0 saturated heterocycles. The predicted molar refractivity (Wildman–Crippen MR) is 73.5 cm³/mol. The van der Waals surface area contributed by atoms with Crippen LogP contribution >= 0.6 is 38.5 Å². The minimum atomic E-state index is 0.663. The molecule has 0 saturated carbocycles. The lowest BCUT2D eigenvalue weighted by molar-refractivity contribution is 0.782. The van der Waals surface area contributed by atoms with E-state index in [1.54, 1.807) is 4.68 Å². The minimum Gasteiger partial charge on any atom is -0.384 e. The Labute approximate surface area is 110 Å². The largest absolute Gasteiger partial charge is 0.384 e. The Kier molecular flexibility index (Phi) is 3.01. The molecule has 78 valence electrons. The zero-order chi connectivity index (χ0) is 11.0. The van der Waals surface area contributed by atoms with Gasteiger partial charge in [-0.25, -0.2) is 0 Å². The molecule has 2 N–H and O–H groups in total. The highest BCUT2D eigenvalue weighted by Gasteiger charge is 2.08. The number of nitrogens with zero attached hydrogens (tertiary/aromatic N) is 2. The number of anilines is 1. The SMILES string of the molecule is Cn1nc(-c2cc(I)ccc2Br)cc1N. The number of nitrogens with two attached hydrogens (primary N) is 1. The van der Waals surface area contributed by atoms with Crippen LogP contribution in [0, 0.1) is 3.57 Å². The summed E-state index contributed by atoms with van der Waals surface area (Å²) in [5, 5.41) is 4.34. The maximum Gasteiger partial charge on any atom is 0.121 e. The molecule has 0 aliphatic rings. The van der Waals surface area contributed by atoms with E-state index in [0.29, 0.717) is 5.82 Å². The van der Waals surface area contributed by atoms with E-state index in [2.05, 4.69) is 49.7 Å². The minimum absolute atomic E-state index is 0.663. The number of hydrogen-bond donors (Lipinski definition) is 1. The highest BCUT2D eigenvalue weighted by Crippen LogP contribution is 2.29. The van der Waals surface area contributed by atoms with Crippen LogP contribution in [0.2, 0.25) is 0 Å². The molecule has 0 amide bonds. The number of benzene rings is 1. The van der Waals surface area contributed by atoms with E-state index in [1.165, 1.54) is 3.57 Å². The summed E-state index contributed by atoms with van der Waals surface area (Å²) in [6.45, 7) is 0. The highest BCUT2D eigenvalue weighted by molar-refractivity contribution is 14.1. The van der Waals surface area contributed by atoms with E-state index >= 15 is 0 Å². The van der Waals surface area contributed by atoms with Crippen molar-refractivity contribution in [2.45, 2.75) is 0 Å². The van der Waals surface area contributed by atoms with Crippen LogP contribution in [-0.4, -0.2) is 9.78 Å². The molecule has 15 heavy (non-hydrogen) atoms. The summed E-state index contributed by atoms with van der Waals surface area (Å²) >= 11 is 5.79.